The molecule has 0 fully saturated rings. The number of thiophene rings is 1. The SMILES string of the molecule is CCCCC(=CC(=O)c1cccs1)SCCO. The number of aliphatic hydroxyl groups excluding tert-OH is 1. The summed E-state index contributed by atoms with van der Waals surface area (Å²) in [6.07, 6.45) is 4.85. The molecule has 0 radical (unpaired) electrons. The predicted octanol–water partition coefficient (Wildman–Crippen LogP) is 3.73. The van der Waals surface area contributed by atoms with Crippen molar-refractivity contribution in [2.24, 2.45) is 0 Å². The van der Waals surface area contributed by atoms with Crippen LogP contribution in [0.25, 0.3) is 0 Å². The van der Waals surface area contributed by atoms with Crippen LogP contribution < -0.4 is 0 Å². The van der Waals surface area contributed by atoms with Gasteiger partial charge in [-0.15, -0.1) is 23.1 Å². The summed E-state index contributed by atoms with van der Waals surface area (Å²) in [4.78, 5) is 13.8. The van der Waals surface area contributed by atoms with Gasteiger partial charge in [0.05, 0.1) is 11.5 Å². The zero-order chi connectivity index (χ0) is 12.5. The van der Waals surface area contributed by atoms with E-state index >= 15 is 0 Å². The van der Waals surface area contributed by atoms with Gasteiger partial charge in [0.25, 0.3) is 0 Å². The molecule has 0 aliphatic heterocycles. The first-order valence-corrected chi connectivity index (χ1v) is 7.66. The Bertz CT molecular complexity index is 346. The second kappa shape index (κ2) is 8.50. The first-order chi connectivity index (χ1) is 8.27. The molecule has 0 saturated carbocycles. The lowest BCUT2D eigenvalue weighted by Gasteiger charge is -2.04. The Balaban J connectivity index is 2.63. The molecule has 0 aliphatic rings. The highest BCUT2D eigenvalue weighted by Gasteiger charge is 2.06. The van der Waals surface area contributed by atoms with E-state index in [0.717, 1.165) is 29.0 Å². The van der Waals surface area contributed by atoms with Gasteiger partial charge in [0.1, 0.15) is 0 Å². The van der Waals surface area contributed by atoms with Crippen LogP contribution in [0, 0.1) is 0 Å². The van der Waals surface area contributed by atoms with Gasteiger partial charge < -0.3 is 5.11 Å². The van der Waals surface area contributed by atoms with Gasteiger partial charge >= 0.3 is 0 Å². The highest BCUT2D eigenvalue weighted by molar-refractivity contribution is 8.03. The molecule has 0 bridgehead atoms. The van der Waals surface area contributed by atoms with Gasteiger partial charge in [0, 0.05) is 5.75 Å². The standard InChI is InChI=1S/C13H18O2S2/c1-2-3-5-11(16-9-7-14)10-12(15)13-6-4-8-17-13/h4,6,8,10,14H,2-3,5,7,9H2,1H3. The van der Waals surface area contributed by atoms with Gasteiger partial charge in [-0.2, -0.15) is 0 Å². The van der Waals surface area contributed by atoms with Gasteiger partial charge in [-0.25, -0.2) is 0 Å². The molecule has 94 valence electrons. The van der Waals surface area contributed by atoms with E-state index in [1.165, 1.54) is 11.3 Å². The normalized spacial score (nSPS) is 11.8. The minimum absolute atomic E-state index is 0.0801. The van der Waals surface area contributed by atoms with Gasteiger partial charge in [0.2, 0.25) is 0 Å². The number of ketones is 1. The fourth-order valence-corrected chi connectivity index (χ4v) is 2.82. The molecule has 0 amide bonds. The van der Waals surface area contributed by atoms with Crippen molar-refractivity contribution in [3.63, 3.8) is 0 Å². The lowest BCUT2D eigenvalue weighted by atomic mass is 10.2. The summed E-state index contributed by atoms with van der Waals surface area (Å²) in [5.74, 6) is 0.740. The van der Waals surface area contributed by atoms with Crippen molar-refractivity contribution < 1.29 is 9.90 Å². The minimum Gasteiger partial charge on any atom is -0.396 e. The summed E-state index contributed by atoms with van der Waals surface area (Å²) >= 11 is 3.05. The lowest BCUT2D eigenvalue weighted by molar-refractivity contribution is 0.105. The van der Waals surface area contributed by atoms with Gasteiger partial charge in [-0.1, -0.05) is 19.4 Å². The maximum Gasteiger partial charge on any atom is 0.196 e. The molecule has 1 heterocycles. The summed E-state index contributed by atoms with van der Waals surface area (Å²) in [5, 5.41) is 10.7. The van der Waals surface area contributed by atoms with Crippen LogP contribution in [-0.2, 0) is 0 Å². The Labute approximate surface area is 111 Å². The molecule has 0 unspecified atom stereocenters. The summed E-state index contributed by atoms with van der Waals surface area (Å²) in [5.41, 5.74) is 0. The maximum atomic E-state index is 11.9. The summed E-state index contributed by atoms with van der Waals surface area (Å²) in [7, 11) is 0. The molecule has 0 spiro atoms. The van der Waals surface area contributed by atoms with E-state index in [4.69, 9.17) is 5.11 Å². The van der Waals surface area contributed by atoms with Crippen LogP contribution in [0.5, 0.6) is 0 Å². The zero-order valence-electron chi connectivity index (χ0n) is 10.0. The van der Waals surface area contributed by atoms with Crippen molar-refractivity contribution in [1.29, 1.82) is 0 Å². The third-order valence-corrected chi connectivity index (χ3v) is 4.18. The van der Waals surface area contributed by atoms with Crippen LogP contribution in [-0.4, -0.2) is 23.2 Å². The Kier molecular flexibility index (Phi) is 7.24. The first-order valence-electron chi connectivity index (χ1n) is 5.80. The fourth-order valence-electron chi connectivity index (χ4n) is 1.35. The van der Waals surface area contributed by atoms with Crippen LogP contribution in [0.2, 0.25) is 0 Å². The third-order valence-electron chi connectivity index (χ3n) is 2.21. The number of unbranched alkanes of at least 4 members (excludes halogenated alkanes) is 1. The van der Waals surface area contributed by atoms with E-state index < -0.39 is 0 Å². The first kappa shape index (κ1) is 14.5. The van der Waals surface area contributed by atoms with Crippen molar-refractivity contribution in [3.8, 4) is 0 Å². The van der Waals surface area contributed by atoms with Crippen LogP contribution in [0.15, 0.2) is 28.5 Å². The highest BCUT2D eigenvalue weighted by Crippen LogP contribution is 2.23. The monoisotopic (exact) mass is 270 g/mol. The van der Waals surface area contributed by atoms with Crippen molar-refractivity contribution in [3.05, 3.63) is 33.4 Å². The maximum absolute atomic E-state index is 11.9. The van der Waals surface area contributed by atoms with E-state index in [2.05, 4.69) is 6.92 Å². The van der Waals surface area contributed by atoms with Crippen LogP contribution in [0.3, 0.4) is 0 Å². The molecule has 0 aromatic carbocycles. The Morgan fingerprint density at radius 3 is 3.00 bits per heavy atom. The minimum atomic E-state index is 0.0801. The van der Waals surface area contributed by atoms with Crippen molar-refractivity contribution in [2.45, 2.75) is 26.2 Å². The van der Waals surface area contributed by atoms with Crippen molar-refractivity contribution in [1.82, 2.24) is 0 Å². The molecular formula is C13H18O2S2. The quantitative estimate of drug-likeness (QED) is 0.577. The molecule has 1 aromatic rings. The molecule has 1 aromatic heterocycles. The Morgan fingerprint density at radius 2 is 2.41 bits per heavy atom. The van der Waals surface area contributed by atoms with Crippen LogP contribution in [0.1, 0.15) is 35.9 Å². The summed E-state index contributed by atoms with van der Waals surface area (Å²) < 4.78 is 0. The van der Waals surface area contributed by atoms with Gasteiger partial charge in [-0.3, -0.25) is 4.79 Å². The molecule has 1 N–H and O–H groups in total. The van der Waals surface area contributed by atoms with Gasteiger partial charge in [-0.05, 0) is 35.3 Å². The molecule has 0 atom stereocenters. The molecule has 2 nitrogen and oxygen atoms in total. The van der Waals surface area contributed by atoms with Crippen LogP contribution in [0.4, 0.5) is 0 Å². The average Bonchev–Trinajstić information content (AvgIpc) is 2.86. The molecule has 0 aliphatic carbocycles. The van der Waals surface area contributed by atoms with Crippen molar-refractivity contribution in [2.75, 3.05) is 12.4 Å². The molecule has 0 saturated heterocycles. The molecule has 1 rings (SSSR count). The molecule has 17 heavy (non-hydrogen) atoms. The number of carbonyl (C=O) groups is 1. The highest BCUT2D eigenvalue weighted by atomic mass is 32.2. The second-order valence-corrected chi connectivity index (χ2v) is 5.80. The molecule has 4 heteroatoms. The Morgan fingerprint density at radius 1 is 1.59 bits per heavy atom. The lowest BCUT2D eigenvalue weighted by Crippen LogP contribution is -1.94. The number of aliphatic hydroxyl groups is 1. The number of hydrogen-bond donors (Lipinski definition) is 1. The van der Waals surface area contributed by atoms with E-state index in [1.54, 1.807) is 17.8 Å². The zero-order valence-corrected chi connectivity index (χ0v) is 11.6. The number of thioether (sulfide) groups is 1. The Hall–Kier alpha value is -0.580. The topological polar surface area (TPSA) is 37.3 Å². The number of hydrogen-bond acceptors (Lipinski definition) is 4. The third kappa shape index (κ3) is 5.52. The number of allylic oxidation sites excluding steroid dienone is 2. The molecular weight excluding hydrogens is 252 g/mol. The summed E-state index contributed by atoms with van der Waals surface area (Å²) in [6.45, 7) is 2.29. The van der Waals surface area contributed by atoms with E-state index in [1.807, 2.05) is 17.5 Å². The fraction of sp³-hybridized carbons (Fsp3) is 0.462. The van der Waals surface area contributed by atoms with E-state index in [-0.39, 0.29) is 12.4 Å². The second-order valence-electron chi connectivity index (χ2n) is 3.63. The average molecular weight is 270 g/mol. The predicted molar refractivity (Wildman–Crippen MR) is 75.8 cm³/mol. The largest absolute Gasteiger partial charge is 0.396 e. The summed E-state index contributed by atoms with van der Waals surface area (Å²) in [6, 6.07) is 3.73. The number of carbonyl (C=O) groups excluding carboxylic acids is 1. The van der Waals surface area contributed by atoms with Gasteiger partial charge in [0.15, 0.2) is 5.78 Å². The van der Waals surface area contributed by atoms with E-state index in [0.29, 0.717) is 5.75 Å². The number of rotatable bonds is 8. The van der Waals surface area contributed by atoms with Crippen molar-refractivity contribution >= 4 is 28.9 Å². The van der Waals surface area contributed by atoms with E-state index in [9.17, 15) is 4.79 Å². The van der Waals surface area contributed by atoms with Crippen LogP contribution >= 0.6 is 23.1 Å². The smallest absolute Gasteiger partial charge is 0.196 e.